The molecule has 1 aliphatic heterocycles. The number of fused-ring (bicyclic) bond motifs is 7. The highest BCUT2D eigenvalue weighted by molar-refractivity contribution is 6.24. The van der Waals surface area contributed by atoms with Crippen molar-refractivity contribution in [2.24, 2.45) is 0 Å². The summed E-state index contributed by atoms with van der Waals surface area (Å²) >= 11 is 0. The van der Waals surface area contributed by atoms with Gasteiger partial charge in [-0.05, 0) is 60.7 Å². The number of benzene rings is 4. The molecule has 0 saturated carbocycles. The number of aromatic nitrogens is 4. The van der Waals surface area contributed by atoms with E-state index in [4.69, 9.17) is 9.97 Å². The van der Waals surface area contributed by atoms with Gasteiger partial charge in [0.25, 0.3) is 0 Å². The Morgan fingerprint density at radius 1 is 0.523 bits per heavy atom. The fourth-order valence-electron chi connectivity index (χ4n) is 6.76. The quantitative estimate of drug-likeness (QED) is 0.232. The first-order valence-corrected chi connectivity index (χ1v) is 14.9. The second-order valence-corrected chi connectivity index (χ2v) is 11.1. The standard InChI is InChI=1S/C39H27N5/c1-2-12-26(13-3-1)43-36-18-6-4-14-28(36)30-20-21-31-29-15-5-7-19-37(29)44(39(31)38(30)43)27-24-34(32-16-8-10-22-40-32)42-35(25-27)33-17-9-11-23-41-33/h1-25,34,42H. The highest BCUT2D eigenvalue weighted by atomic mass is 15.1. The van der Waals surface area contributed by atoms with Crippen LogP contribution in [0.3, 0.4) is 0 Å². The zero-order valence-corrected chi connectivity index (χ0v) is 23.8. The van der Waals surface area contributed by atoms with E-state index >= 15 is 0 Å². The molecule has 4 aromatic heterocycles. The van der Waals surface area contributed by atoms with Crippen molar-refractivity contribution < 1.29 is 0 Å². The summed E-state index contributed by atoms with van der Waals surface area (Å²) in [5.74, 6) is 0. The molecular weight excluding hydrogens is 538 g/mol. The van der Waals surface area contributed by atoms with E-state index in [0.29, 0.717) is 0 Å². The van der Waals surface area contributed by atoms with Crippen molar-refractivity contribution in [3.05, 3.63) is 163 Å². The van der Waals surface area contributed by atoms with Crippen molar-refractivity contribution in [2.75, 3.05) is 0 Å². The first kappa shape index (κ1) is 24.6. The molecule has 0 spiro atoms. The average molecular weight is 566 g/mol. The van der Waals surface area contributed by atoms with Crippen LogP contribution in [-0.4, -0.2) is 19.1 Å². The van der Waals surface area contributed by atoms with Crippen molar-refractivity contribution in [3.63, 3.8) is 0 Å². The zero-order chi connectivity index (χ0) is 29.0. The van der Waals surface area contributed by atoms with Gasteiger partial charge in [-0.1, -0.05) is 78.9 Å². The Morgan fingerprint density at radius 3 is 1.82 bits per heavy atom. The second-order valence-electron chi connectivity index (χ2n) is 11.1. The highest BCUT2D eigenvalue weighted by Crippen LogP contribution is 2.42. The van der Waals surface area contributed by atoms with E-state index in [0.717, 1.165) is 34.0 Å². The minimum absolute atomic E-state index is 0.136. The monoisotopic (exact) mass is 565 g/mol. The zero-order valence-electron chi connectivity index (χ0n) is 23.8. The van der Waals surface area contributed by atoms with Crippen molar-refractivity contribution in [1.29, 1.82) is 0 Å². The van der Waals surface area contributed by atoms with Crippen molar-refractivity contribution in [3.8, 4) is 5.69 Å². The molecule has 0 radical (unpaired) electrons. The molecule has 5 heteroatoms. The largest absolute Gasteiger partial charge is 0.371 e. The van der Waals surface area contributed by atoms with Crippen molar-refractivity contribution >= 4 is 55.0 Å². The summed E-state index contributed by atoms with van der Waals surface area (Å²) in [4.78, 5) is 9.45. The molecule has 1 N–H and O–H groups in total. The molecule has 0 bridgehead atoms. The second kappa shape index (κ2) is 9.82. The molecule has 8 aromatic rings. The minimum atomic E-state index is -0.136. The molecule has 0 amide bonds. The third-order valence-corrected chi connectivity index (χ3v) is 8.63. The summed E-state index contributed by atoms with van der Waals surface area (Å²) in [7, 11) is 0. The van der Waals surface area contributed by atoms with E-state index in [1.165, 1.54) is 38.1 Å². The average Bonchev–Trinajstić information content (AvgIpc) is 3.62. The van der Waals surface area contributed by atoms with Gasteiger partial charge in [0, 0.05) is 45.3 Å². The van der Waals surface area contributed by atoms with Gasteiger partial charge in [-0.25, -0.2) is 0 Å². The lowest BCUT2D eigenvalue weighted by molar-refractivity contribution is 0.732. The first-order valence-electron chi connectivity index (χ1n) is 14.9. The maximum absolute atomic E-state index is 4.74. The fourth-order valence-corrected chi connectivity index (χ4v) is 6.76. The minimum Gasteiger partial charge on any atom is -0.371 e. The highest BCUT2D eigenvalue weighted by Gasteiger charge is 2.25. The summed E-state index contributed by atoms with van der Waals surface area (Å²) in [6.45, 7) is 0. The number of rotatable bonds is 4. The third-order valence-electron chi connectivity index (χ3n) is 8.63. The van der Waals surface area contributed by atoms with Crippen LogP contribution >= 0.6 is 0 Å². The molecule has 0 fully saturated rings. The molecule has 1 atom stereocenters. The van der Waals surface area contributed by atoms with Gasteiger partial charge in [0.2, 0.25) is 0 Å². The van der Waals surface area contributed by atoms with Gasteiger partial charge < -0.3 is 14.5 Å². The molecule has 0 aliphatic carbocycles. The van der Waals surface area contributed by atoms with Gasteiger partial charge in [-0.2, -0.15) is 0 Å². The number of allylic oxidation sites excluding steroid dienone is 2. The van der Waals surface area contributed by atoms with Gasteiger partial charge in [0.05, 0.1) is 45.2 Å². The molecule has 4 aromatic carbocycles. The Kier molecular flexibility index (Phi) is 5.50. The fraction of sp³-hybridized carbons (Fsp3) is 0.0256. The topological polar surface area (TPSA) is 47.7 Å². The van der Waals surface area contributed by atoms with E-state index in [2.05, 4.69) is 130 Å². The Hall–Kier alpha value is -5.94. The SMILES string of the molecule is C1=C(c2ccccn2)NC(c2ccccn2)C=C1n1c2ccccc2c2ccc3c4ccccc4n(-c4ccccc4)c3c21. The lowest BCUT2D eigenvalue weighted by atomic mass is 10.0. The lowest BCUT2D eigenvalue weighted by Gasteiger charge is -2.25. The van der Waals surface area contributed by atoms with Crippen LogP contribution in [-0.2, 0) is 0 Å². The van der Waals surface area contributed by atoms with E-state index in [9.17, 15) is 0 Å². The number of nitrogens with one attached hydrogen (secondary N) is 1. The molecular formula is C39H27N5. The summed E-state index contributed by atoms with van der Waals surface area (Å²) < 4.78 is 4.86. The number of para-hydroxylation sites is 3. The maximum Gasteiger partial charge on any atom is 0.0893 e. The molecule has 1 unspecified atom stereocenters. The van der Waals surface area contributed by atoms with Crippen LogP contribution in [0.15, 0.2) is 152 Å². The molecule has 5 heterocycles. The van der Waals surface area contributed by atoms with E-state index in [1.54, 1.807) is 0 Å². The van der Waals surface area contributed by atoms with Crippen LogP contribution in [0.1, 0.15) is 17.4 Å². The predicted octanol–water partition coefficient (Wildman–Crippen LogP) is 8.91. The Labute approximate surface area is 254 Å². The van der Waals surface area contributed by atoms with Crippen LogP contribution in [0.2, 0.25) is 0 Å². The number of pyridine rings is 2. The summed E-state index contributed by atoms with van der Waals surface area (Å²) in [5, 5.41) is 8.61. The van der Waals surface area contributed by atoms with Crippen molar-refractivity contribution in [2.45, 2.75) is 6.04 Å². The van der Waals surface area contributed by atoms with Gasteiger partial charge in [0.15, 0.2) is 0 Å². The van der Waals surface area contributed by atoms with Gasteiger partial charge >= 0.3 is 0 Å². The molecule has 1 aliphatic rings. The summed E-state index contributed by atoms with van der Waals surface area (Å²) in [5.41, 5.74) is 9.72. The lowest BCUT2D eigenvalue weighted by Crippen LogP contribution is -2.24. The van der Waals surface area contributed by atoms with Crippen LogP contribution in [0.5, 0.6) is 0 Å². The van der Waals surface area contributed by atoms with Gasteiger partial charge in [-0.15, -0.1) is 0 Å². The van der Waals surface area contributed by atoms with Crippen LogP contribution in [0.25, 0.3) is 60.7 Å². The Morgan fingerprint density at radius 2 is 1.14 bits per heavy atom. The Balaban J connectivity index is 1.44. The molecule has 44 heavy (non-hydrogen) atoms. The van der Waals surface area contributed by atoms with E-state index in [1.807, 2.05) is 36.7 Å². The molecule has 5 nitrogen and oxygen atoms in total. The van der Waals surface area contributed by atoms with E-state index in [-0.39, 0.29) is 6.04 Å². The van der Waals surface area contributed by atoms with Crippen LogP contribution in [0.4, 0.5) is 0 Å². The molecule has 0 saturated heterocycles. The summed E-state index contributed by atoms with van der Waals surface area (Å²) in [6, 6.07) is 44.7. The van der Waals surface area contributed by atoms with Crippen LogP contribution < -0.4 is 5.32 Å². The normalized spacial score (nSPS) is 15.0. The number of dihydropyridines is 1. The van der Waals surface area contributed by atoms with Gasteiger partial charge in [0.1, 0.15) is 0 Å². The number of hydrogen-bond acceptors (Lipinski definition) is 3. The van der Waals surface area contributed by atoms with Gasteiger partial charge in [-0.3, -0.25) is 9.97 Å². The number of nitrogens with zero attached hydrogens (tertiary/aromatic N) is 4. The predicted molar refractivity (Wildman–Crippen MR) is 180 cm³/mol. The van der Waals surface area contributed by atoms with E-state index < -0.39 is 0 Å². The maximum atomic E-state index is 4.74. The van der Waals surface area contributed by atoms with Crippen LogP contribution in [0, 0.1) is 0 Å². The number of hydrogen-bond donors (Lipinski definition) is 1. The Bertz CT molecular complexity index is 2400. The molecule has 208 valence electrons. The molecule has 9 rings (SSSR count). The smallest absolute Gasteiger partial charge is 0.0893 e. The third kappa shape index (κ3) is 3.73. The van der Waals surface area contributed by atoms with Crippen molar-refractivity contribution in [1.82, 2.24) is 24.4 Å². The first-order chi connectivity index (χ1) is 21.8. The summed E-state index contributed by atoms with van der Waals surface area (Å²) in [6.07, 6.45) is 8.20.